The van der Waals surface area contributed by atoms with Crippen molar-refractivity contribution in [3.05, 3.63) is 64.5 Å². The molecule has 0 atom stereocenters. The van der Waals surface area contributed by atoms with E-state index >= 15 is 0 Å². The van der Waals surface area contributed by atoms with Gasteiger partial charge >= 0.3 is 5.97 Å². The summed E-state index contributed by atoms with van der Waals surface area (Å²) in [5, 5.41) is 18.8. The molecular formula is C16H9FO4. The maximum atomic E-state index is 13.6. The third-order valence-electron chi connectivity index (χ3n) is 3.35. The smallest absolute Gasteiger partial charge is 0.336 e. The Balaban J connectivity index is 2.04. The minimum atomic E-state index is -1.10. The molecule has 104 valence electrons. The van der Waals surface area contributed by atoms with E-state index in [1.165, 1.54) is 36.4 Å². The number of carboxylic acid groups (broad SMARTS) is 1. The van der Waals surface area contributed by atoms with Crippen molar-refractivity contribution < 1.29 is 24.2 Å². The molecule has 0 aromatic heterocycles. The van der Waals surface area contributed by atoms with Crippen LogP contribution in [0.4, 0.5) is 4.39 Å². The van der Waals surface area contributed by atoms with Gasteiger partial charge in [0.1, 0.15) is 11.6 Å². The van der Waals surface area contributed by atoms with Crippen molar-refractivity contribution in [1.82, 2.24) is 0 Å². The monoisotopic (exact) mass is 284 g/mol. The summed E-state index contributed by atoms with van der Waals surface area (Å²) in [6.07, 6.45) is 1.40. The highest BCUT2D eigenvalue weighted by Crippen LogP contribution is 2.37. The zero-order valence-corrected chi connectivity index (χ0v) is 10.6. The van der Waals surface area contributed by atoms with Crippen molar-refractivity contribution in [1.29, 1.82) is 0 Å². The standard InChI is InChI=1S/C16H9FO4/c17-13-4-2-1-3-9(13)15(19)12-6-8-5-11(16(20)21)10(8)7-14(12)18/h1-7,18H,(H,20,21). The lowest BCUT2D eigenvalue weighted by molar-refractivity contribution is -0.130. The lowest BCUT2D eigenvalue weighted by Gasteiger charge is -2.18. The van der Waals surface area contributed by atoms with Gasteiger partial charge in [0.05, 0.1) is 16.7 Å². The summed E-state index contributed by atoms with van der Waals surface area (Å²) in [5.74, 6) is -2.79. The van der Waals surface area contributed by atoms with Crippen molar-refractivity contribution in [2.24, 2.45) is 0 Å². The van der Waals surface area contributed by atoms with Crippen LogP contribution in [0.25, 0.3) is 11.6 Å². The average Bonchev–Trinajstić information content (AvgIpc) is 2.42. The number of rotatable bonds is 3. The van der Waals surface area contributed by atoms with Crippen molar-refractivity contribution in [3.63, 3.8) is 0 Å². The number of ketones is 1. The van der Waals surface area contributed by atoms with Crippen LogP contribution >= 0.6 is 0 Å². The van der Waals surface area contributed by atoms with E-state index < -0.39 is 17.6 Å². The second-order valence-electron chi connectivity index (χ2n) is 4.63. The fourth-order valence-corrected chi connectivity index (χ4v) is 2.26. The van der Waals surface area contributed by atoms with Gasteiger partial charge in [-0.05, 0) is 41.5 Å². The molecule has 0 saturated carbocycles. The normalized spacial score (nSPS) is 12.1. The number of carboxylic acids is 1. The van der Waals surface area contributed by atoms with E-state index in [1.807, 2.05) is 0 Å². The van der Waals surface area contributed by atoms with E-state index in [-0.39, 0.29) is 22.4 Å². The Morgan fingerprint density at radius 1 is 1.05 bits per heavy atom. The van der Waals surface area contributed by atoms with E-state index in [4.69, 9.17) is 5.11 Å². The van der Waals surface area contributed by atoms with E-state index in [1.54, 1.807) is 0 Å². The molecule has 2 N–H and O–H groups in total. The Morgan fingerprint density at radius 3 is 2.43 bits per heavy atom. The van der Waals surface area contributed by atoms with E-state index in [0.29, 0.717) is 11.1 Å². The number of phenolic OH excluding ortho intramolecular Hbond substituents is 1. The number of carbonyl (C=O) groups excluding carboxylic acids is 1. The van der Waals surface area contributed by atoms with Crippen LogP contribution in [0, 0.1) is 5.82 Å². The Bertz CT molecular complexity index is 821. The summed E-state index contributed by atoms with van der Waals surface area (Å²) in [6.45, 7) is 0. The molecule has 2 aromatic rings. The first-order valence-corrected chi connectivity index (χ1v) is 6.10. The molecule has 0 amide bonds. The Kier molecular flexibility index (Phi) is 2.83. The first-order valence-electron chi connectivity index (χ1n) is 6.10. The molecule has 0 bridgehead atoms. The first-order chi connectivity index (χ1) is 9.99. The molecular weight excluding hydrogens is 275 g/mol. The summed E-state index contributed by atoms with van der Waals surface area (Å²) >= 11 is 0. The molecule has 1 aliphatic carbocycles. The van der Waals surface area contributed by atoms with Gasteiger partial charge in [-0.1, -0.05) is 12.1 Å². The molecule has 5 heteroatoms. The van der Waals surface area contributed by atoms with Crippen molar-refractivity contribution in [2.45, 2.75) is 0 Å². The molecule has 0 heterocycles. The predicted octanol–water partition coefficient (Wildman–Crippen LogP) is 2.70. The second kappa shape index (κ2) is 4.56. The number of halogens is 1. The van der Waals surface area contributed by atoms with Gasteiger partial charge in [-0.15, -0.1) is 0 Å². The summed E-state index contributed by atoms with van der Waals surface area (Å²) < 4.78 is 13.6. The van der Waals surface area contributed by atoms with Crippen LogP contribution in [0.2, 0.25) is 0 Å². The minimum Gasteiger partial charge on any atom is -0.507 e. The van der Waals surface area contributed by atoms with Crippen LogP contribution in [0.5, 0.6) is 5.75 Å². The Hall–Kier alpha value is -2.95. The molecule has 2 aromatic carbocycles. The predicted molar refractivity (Wildman–Crippen MR) is 73.4 cm³/mol. The molecule has 3 rings (SSSR count). The number of hydrogen-bond donors (Lipinski definition) is 2. The molecule has 0 spiro atoms. The van der Waals surface area contributed by atoms with Crippen LogP contribution in [0.15, 0.2) is 36.4 Å². The molecule has 0 fully saturated rings. The fourth-order valence-electron chi connectivity index (χ4n) is 2.26. The summed E-state index contributed by atoms with van der Waals surface area (Å²) in [6, 6.07) is 8.06. The van der Waals surface area contributed by atoms with Gasteiger partial charge < -0.3 is 10.2 Å². The van der Waals surface area contributed by atoms with Gasteiger partial charge in [0.2, 0.25) is 0 Å². The number of phenols is 1. The van der Waals surface area contributed by atoms with Crippen LogP contribution < -0.4 is 0 Å². The second-order valence-corrected chi connectivity index (χ2v) is 4.63. The van der Waals surface area contributed by atoms with Gasteiger partial charge in [0.25, 0.3) is 0 Å². The average molecular weight is 284 g/mol. The molecule has 0 unspecified atom stereocenters. The highest BCUT2D eigenvalue weighted by molar-refractivity contribution is 6.27. The van der Waals surface area contributed by atoms with Gasteiger partial charge in [0, 0.05) is 0 Å². The van der Waals surface area contributed by atoms with E-state index in [9.17, 15) is 19.1 Å². The highest BCUT2D eigenvalue weighted by Gasteiger charge is 2.26. The third kappa shape index (κ3) is 1.99. The van der Waals surface area contributed by atoms with Crippen LogP contribution in [0.3, 0.4) is 0 Å². The summed E-state index contributed by atoms with van der Waals surface area (Å²) in [4.78, 5) is 23.1. The molecule has 0 saturated heterocycles. The van der Waals surface area contributed by atoms with Crippen LogP contribution in [-0.2, 0) is 4.79 Å². The lowest BCUT2D eigenvalue weighted by Crippen LogP contribution is -2.11. The van der Waals surface area contributed by atoms with Crippen LogP contribution in [0.1, 0.15) is 27.0 Å². The van der Waals surface area contributed by atoms with Gasteiger partial charge in [0.15, 0.2) is 5.78 Å². The molecule has 1 aliphatic rings. The molecule has 21 heavy (non-hydrogen) atoms. The first kappa shape index (κ1) is 13.1. The molecule has 0 aliphatic heterocycles. The number of aromatic hydroxyl groups is 1. The lowest BCUT2D eigenvalue weighted by atomic mass is 9.85. The van der Waals surface area contributed by atoms with E-state index in [2.05, 4.69) is 0 Å². The van der Waals surface area contributed by atoms with Gasteiger partial charge in [-0.3, -0.25) is 4.79 Å². The van der Waals surface area contributed by atoms with Crippen molar-refractivity contribution in [2.75, 3.05) is 0 Å². The van der Waals surface area contributed by atoms with Crippen molar-refractivity contribution in [3.8, 4) is 5.75 Å². The number of hydrogen-bond acceptors (Lipinski definition) is 3. The summed E-state index contributed by atoms with van der Waals surface area (Å²) in [7, 11) is 0. The molecule has 4 nitrogen and oxygen atoms in total. The molecule has 0 radical (unpaired) electrons. The Labute approximate surface area is 118 Å². The zero-order chi connectivity index (χ0) is 15.1. The van der Waals surface area contributed by atoms with Crippen molar-refractivity contribution >= 4 is 23.4 Å². The highest BCUT2D eigenvalue weighted by atomic mass is 19.1. The van der Waals surface area contributed by atoms with Gasteiger partial charge in [-0.2, -0.15) is 0 Å². The summed E-state index contributed by atoms with van der Waals surface area (Å²) in [5.41, 5.74) is 0.772. The fraction of sp³-hybridized carbons (Fsp3) is 0. The third-order valence-corrected chi connectivity index (χ3v) is 3.35. The van der Waals surface area contributed by atoms with Crippen LogP contribution in [-0.4, -0.2) is 22.0 Å². The Morgan fingerprint density at radius 2 is 1.76 bits per heavy atom. The van der Waals surface area contributed by atoms with Gasteiger partial charge in [-0.25, -0.2) is 9.18 Å². The number of benzene rings is 2. The largest absolute Gasteiger partial charge is 0.507 e. The SMILES string of the molecule is O=C(O)C1=Cc2cc(C(=O)c3ccccc3F)c(O)cc21. The maximum absolute atomic E-state index is 13.6. The maximum Gasteiger partial charge on any atom is 0.336 e. The number of aliphatic carboxylic acids is 1. The minimum absolute atomic E-state index is 0.0560. The topological polar surface area (TPSA) is 74.6 Å². The number of fused-ring (bicyclic) bond motifs is 1. The number of carbonyl (C=O) groups is 2. The zero-order valence-electron chi connectivity index (χ0n) is 10.6. The quantitative estimate of drug-likeness (QED) is 0.850. The van der Waals surface area contributed by atoms with E-state index in [0.717, 1.165) is 6.07 Å².